The average molecular weight is 204 g/mol. The van der Waals surface area contributed by atoms with Crippen molar-refractivity contribution >= 4 is 5.91 Å². The Kier molecular flexibility index (Phi) is 4.17. The molecular formula is C11H12N2O2. The standard InChI is InChI=1S/C11H12N2O2/c1-9(14)12-6-3-4-10-5-7-13-11(8-10)15-2/h5,7-8H,6H2,1-2H3,(H,12,14). The Balaban J connectivity index is 2.59. The maximum absolute atomic E-state index is 10.5. The van der Waals surface area contributed by atoms with Crippen LogP contribution in [0.4, 0.5) is 0 Å². The number of hydrogen-bond donors (Lipinski definition) is 1. The fourth-order valence-electron chi connectivity index (χ4n) is 0.914. The summed E-state index contributed by atoms with van der Waals surface area (Å²) < 4.78 is 4.95. The maximum Gasteiger partial charge on any atom is 0.217 e. The van der Waals surface area contributed by atoms with E-state index in [1.165, 1.54) is 6.92 Å². The number of nitrogens with one attached hydrogen (secondary N) is 1. The topological polar surface area (TPSA) is 51.2 Å². The number of pyridine rings is 1. The van der Waals surface area contributed by atoms with Crippen LogP contribution in [0.1, 0.15) is 12.5 Å². The van der Waals surface area contributed by atoms with Crippen LogP contribution in [0.2, 0.25) is 0 Å². The zero-order valence-corrected chi connectivity index (χ0v) is 8.70. The molecule has 1 aromatic heterocycles. The van der Waals surface area contributed by atoms with Crippen LogP contribution in [0.15, 0.2) is 18.3 Å². The van der Waals surface area contributed by atoms with Crippen LogP contribution >= 0.6 is 0 Å². The number of carbonyl (C=O) groups excluding carboxylic acids is 1. The molecule has 15 heavy (non-hydrogen) atoms. The molecule has 0 spiro atoms. The summed E-state index contributed by atoms with van der Waals surface area (Å²) in [7, 11) is 1.55. The van der Waals surface area contributed by atoms with Crippen molar-refractivity contribution in [2.24, 2.45) is 0 Å². The normalized spacial score (nSPS) is 8.67. The summed E-state index contributed by atoms with van der Waals surface area (Å²) in [6, 6.07) is 3.52. The third-order valence-electron chi connectivity index (χ3n) is 1.60. The summed E-state index contributed by atoms with van der Waals surface area (Å²) in [4.78, 5) is 14.5. The van der Waals surface area contributed by atoms with Crippen molar-refractivity contribution in [2.75, 3.05) is 13.7 Å². The van der Waals surface area contributed by atoms with Crippen LogP contribution in [0.3, 0.4) is 0 Å². The predicted molar refractivity (Wildman–Crippen MR) is 56.4 cm³/mol. The zero-order chi connectivity index (χ0) is 11.1. The monoisotopic (exact) mass is 204 g/mol. The Morgan fingerprint density at radius 1 is 1.67 bits per heavy atom. The first-order valence-electron chi connectivity index (χ1n) is 4.45. The van der Waals surface area contributed by atoms with E-state index in [0.29, 0.717) is 12.4 Å². The molecule has 0 atom stereocenters. The van der Waals surface area contributed by atoms with Crippen LogP contribution in [0.5, 0.6) is 5.88 Å². The maximum atomic E-state index is 10.5. The van der Waals surface area contributed by atoms with Gasteiger partial charge in [0.1, 0.15) is 0 Å². The molecule has 1 amide bonds. The van der Waals surface area contributed by atoms with Crippen LogP contribution in [0, 0.1) is 11.8 Å². The van der Waals surface area contributed by atoms with E-state index >= 15 is 0 Å². The highest BCUT2D eigenvalue weighted by Gasteiger charge is 1.92. The third kappa shape index (κ3) is 4.14. The van der Waals surface area contributed by atoms with Gasteiger partial charge in [0.15, 0.2) is 0 Å². The second-order valence-electron chi connectivity index (χ2n) is 2.80. The van der Waals surface area contributed by atoms with Gasteiger partial charge >= 0.3 is 0 Å². The van der Waals surface area contributed by atoms with Gasteiger partial charge < -0.3 is 10.1 Å². The minimum Gasteiger partial charge on any atom is -0.481 e. The Labute approximate surface area is 88.7 Å². The minimum absolute atomic E-state index is 0.0865. The van der Waals surface area contributed by atoms with Crippen molar-refractivity contribution < 1.29 is 9.53 Å². The van der Waals surface area contributed by atoms with Gasteiger partial charge in [-0.15, -0.1) is 0 Å². The summed E-state index contributed by atoms with van der Waals surface area (Å²) in [6.07, 6.45) is 1.63. The van der Waals surface area contributed by atoms with Crippen LogP contribution in [-0.2, 0) is 4.79 Å². The Bertz CT molecular complexity index is 405. The van der Waals surface area contributed by atoms with Gasteiger partial charge in [-0.05, 0) is 6.07 Å². The predicted octanol–water partition coefficient (Wildman–Crippen LogP) is 0.578. The van der Waals surface area contributed by atoms with Crippen LogP contribution < -0.4 is 10.1 Å². The Morgan fingerprint density at radius 2 is 2.47 bits per heavy atom. The second-order valence-corrected chi connectivity index (χ2v) is 2.80. The number of amides is 1. The highest BCUT2D eigenvalue weighted by molar-refractivity contribution is 5.73. The Morgan fingerprint density at radius 3 is 3.13 bits per heavy atom. The van der Waals surface area contributed by atoms with Gasteiger partial charge in [0.2, 0.25) is 11.8 Å². The van der Waals surface area contributed by atoms with E-state index in [2.05, 4.69) is 22.1 Å². The molecule has 0 aliphatic heterocycles. The third-order valence-corrected chi connectivity index (χ3v) is 1.60. The smallest absolute Gasteiger partial charge is 0.217 e. The molecule has 1 rings (SSSR count). The molecule has 0 radical (unpaired) electrons. The molecular weight excluding hydrogens is 192 g/mol. The molecule has 4 heteroatoms. The van der Waals surface area contributed by atoms with Gasteiger partial charge in [-0.25, -0.2) is 4.98 Å². The molecule has 0 aliphatic rings. The van der Waals surface area contributed by atoms with Gasteiger partial charge in [-0.2, -0.15) is 0 Å². The largest absolute Gasteiger partial charge is 0.481 e. The number of aromatic nitrogens is 1. The molecule has 0 saturated heterocycles. The number of carbonyl (C=O) groups is 1. The molecule has 0 saturated carbocycles. The lowest BCUT2D eigenvalue weighted by atomic mass is 10.3. The molecule has 4 nitrogen and oxygen atoms in total. The van der Waals surface area contributed by atoms with E-state index in [1.54, 1.807) is 25.4 Å². The first-order chi connectivity index (χ1) is 7.22. The molecule has 78 valence electrons. The molecule has 0 aliphatic carbocycles. The van der Waals surface area contributed by atoms with Crippen LogP contribution in [0.25, 0.3) is 0 Å². The lowest BCUT2D eigenvalue weighted by Crippen LogP contribution is -2.19. The fraction of sp³-hybridized carbons (Fsp3) is 0.273. The number of hydrogen-bond acceptors (Lipinski definition) is 3. The molecule has 1 aromatic rings. The average Bonchev–Trinajstić information content (AvgIpc) is 2.24. The van der Waals surface area contributed by atoms with Crippen molar-refractivity contribution in [2.45, 2.75) is 6.92 Å². The SMILES string of the molecule is COc1cc(C#CCNC(C)=O)ccn1. The minimum atomic E-state index is -0.0865. The molecule has 1 N–H and O–H groups in total. The highest BCUT2D eigenvalue weighted by atomic mass is 16.5. The molecule has 0 bridgehead atoms. The lowest BCUT2D eigenvalue weighted by molar-refractivity contribution is -0.118. The number of ether oxygens (including phenoxy) is 1. The van der Waals surface area contributed by atoms with E-state index < -0.39 is 0 Å². The second kappa shape index (κ2) is 5.66. The van der Waals surface area contributed by atoms with E-state index in [4.69, 9.17) is 4.74 Å². The van der Waals surface area contributed by atoms with Crippen molar-refractivity contribution in [3.05, 3.63) is 23.9 Å². The molecule has 1 heterocycles. The summed E-state index contributed by atoms with van der Waals surface area (Å²) >= 11 is 0. The first kappa shape index (κ1) is 11.1. The van der Waals surface area contributed by atoms with Crippen molar-refractivity contribution in [3.63, 3.8) is 0 Å². The molecule has 0 unspecified atom stereocenters. The fourth-order valence-corrected chi connectivity index (χ4v) is 0.914. The van der Waals surface area contributed by atoms with E-state index in [0.717, 1.165) is 5.56 Å². The summed E-state index contributed by atoms with van der Waals surface area (Å²) in [5, 5.41) is 2.58. The first-order valence-corrected chi connectivity index (χ1v) is 4.45. The van der Waals surface area contributed by atoms with Crippen LogP contribution in [-0.4, -0.2) is 24.5 Å². The van der Waals surface area contributed by atoms with Gasteiger partial charge in [0, 0.05) is 24.8 Å². The molecule has 0 fully saturated rings. The van der Waals surface area contributed by atoms with E-state index in [9.17, 15) is 4.79 Å². The zero-order valence-electron chi connectivity index (χ0n) is 8.70. The van der Waals surface area contributed by atoms with Gasteiger partial charge in [-0.1, -0.05) is 11.8 Å². The quantitative estimate of drug-likeness (QED) is 0.717. The van der Waals surface area contributed by atoms with Gasteiger partial charge in [0.25, 0.3) is 0 Å². The van der Waals surface area contributed by atoms with Gasteiger partial charge in [0.05, 0.1) is 13.7 Å². The molecule has 0 aromatic carbocycles. The summed E-state index contributed by atoms with van der Waals surface area (Å²) in [5.41, 5.74) is 0.812. The van der Waals surface area contributed by atoms with Crippen molar-refractivity contribution in [1.82, 2.24) is 10.3 Å². The van der Waals surface area contributed by atoms with E-state index in [1.807, 2.05) is 0 Å². The summed E-state index contributed by atoms with van der Waals surface area (Å²) in [6.45, 7) is 1.80. The number of methoxy groups -OCH3 is 1. The number of nitrogens with zero attached hydrogens (tertiary/aromatic N) is 1. The van der Waals surface area contributed by atoms with Crippen molar-refractivity contribution in [1.29, 1.82) is 0 Å². The summed E-state index contributed by atoms with van der Waals surface area (Å²) in [5.74, 6) is 6.15. The lowest BCUT2D eigenvalue weighted by Gasteiger charge is -1.97. The highest BCUT2D eigenvalue weighted by Crippen LogP contribution is 2.06. The van der Waals surface area contributed by atoms with Crippen molar-refractivity contribution in [3.8, 4) is 17.7 Å². The number of rotatable bonds is 2. The van der Waals surface area contributed by atoms with Gasteiger partial charge in [-0.3, -0.25) is 4.79 Å². The Hall–Kier alpha value is -2.02. The van der Waals surface area contributed by atoms with E-state index in [-0.39, 0.29) is 5.91 Å².